The van der Waals surface area contributed by atoms with E-state index in [0.29, 0.717) is 18.3 Å². The Morgan fingerprint density at radius 1 is 1.67 bits per heavy atom. The number of aromatic nitrogens is 2. The first-order chi connectivity index (χ1) is 8.58. The first kappa shape index (κ1) is 13.1. The molecule has 1 atom stereocenters. The zero-order valence-electron chi connectivity index (χ0n) is 10.3. The number of thioether (sulfide) groups is 1. The molecule has 18 heavy (non-hydrogen) atoms. The van der Waals surface area contributed by atoms with E-state index in [1.165, 1.54) is 5.06 Å². The lowest BCUT2D eigenvalue weighted by Gasteiger charge is -2.09. The van der Waals surface area contributed by atoms with Gasteiger partial charge in [-0.25, -0.2) is 14.8 Å². The van der Waals surface area contributed by atoms with Gasteiger partial charge in [-0.15, -0.1) is 5.06 Å². The second-order valence-electron chi connectivity index (χ2n) is 4.12. The number of hydrogen-bond donors (Lipinski definition) is 1. The van der Waals surface area contributed by atoms with Gasteiger partial charge in [0.25, 0.3) is 0 Å². The number of hydroxylamine groups is 2. The van der Waals surface area contributed by atoms with Gasteiger partial charge in [0, 0.05) is 17.0 Å². The fourth-order valence-electron chi connectivity index (χ4n) is 1.60. The normalized spacial score (nSPS) is 16.3. The first-order valence-electron chi connectivity index (χ1n) is 5.75. The molecule has 0 saturated heterocycles. The molecule has 1 aliphatic rings. The molecule has 2 rings (SSSR count). The summed E-state index contributed by atoms with van der Waals surface area (Å²) in [5.74, 6) is 0. The minimum Gasteiger partial charge on any atom is -0.448 e. The van der Waals surface area contributed by atoms with E-state index >= 15 is 0 Å². The largest absolute Gasteiger partial charge is 0.525 e. The molecule has 0 amide bonds. The predicted octanol–water partition coefficient (Wildman–Crippen LogP) is 2.29. The molecule has 1 N–H and O–H groups in total. The summed E-state index contributed by atoms with van der Waals surface area (Å²) < 4.78 is 0. The highest BCUT2D eigenvalue weighted by Gasteiger charge is 2.24. The quantitative estimate of drug-likeness (QED) is 0.663. The highest BCUT2D eigenvalue weighted by molar-refractivity contribution is 7.99. The van der Waals surface area contributed by atoms with Crippen molar-refractivity contribution in [2.75, 3.05) is 0 Å². The fraction of sp³-hybridized carbons (Fsp3) is 0.545. The van der Waals surface area contributed by atoms with Crippen molar-refractivity contribution < 1.29 is 14.7 Å². The zero-order valence-corrected chi connectivity index (χ0v) is 11.1. The van der Waals surface area contributed by atoms with Crippen LogP contribution in [0.4, 0.5) is 4.79 Å². The van der Waals surface area contributed by atoms with Crippen molar-refractivity contribution in [2.24, 2.45) is 0 Å². The Labute approximate surface area is 109 Å². The first-order valence-corrected chi connectivity index (χ1v) is 6.63. The van der Waals surface area contributed by atoms with Gasteiger partial charge in [-0.05, 0) is 6.42 Å². The number of rotatable bonds is 4. The Kier molecular flexibility index (Phi) is 4.03. The van der Waals surface area contributed by atoms with E-state index in [2.05, 4.69) is 28.7 Å². The molecule has 1 aromatic heterocycles. The summed E-state index contributed by atoms with van der Waals surface area (Å²) in [5, 5.41) is 11.1. The third-order valence-corrected chi connectivity index (χ3v) is 3.84. The van der Waals surface area contributed by atoms with Crippen LogP contribution in [0.15, 0.2) is 11.4 Å². The standard InChI is InChI=1S/C11H15N3O3S/c1-3-7(2)18-10-12-4-8-5-14(17-11(15)16)6-9(8)13-10/h4,7H,3,5-6H2,1-2H3,(H,15,16). The molecule has 7 heteroatoms. The maximum Gasteiger partial charge on any atom is 0.525 e. The lowest BCUT2D eigenvalue weighted by molar-refractivity contribution is -0.125. The molecule has 1 aromatic rings. The lowest BCUT2D eigenvalue weighted by atomic mass is 10.3. The van der Waals surface area contributed by atoms with Crippen molar-refractivity contribution in [1.82, 2.24) is 15.0 Å². The van der Waals surface area contributed by atoms with Gasteiger partial charge in [0.05, 0.1) is 18.8 Å². The van der Waals surface area contributed by atoms with Gasteiger partial charge in [-0.1, -0.05) is 25.6 Å². The molecule has 1 aliphatic heterocycles. The number of carbonyl (C=O) groups is 1. The van der Waals surface area contributed by atoms with E-state index in [9.17, 15) is 4.79 Å². The number of hydrogen-bond acceptors (Lipinski definition) is 6. The van der Waals surface area contributed by atoms with Crippen LogP contribution in [0, 0.1) is 0 Å². The molecule has 0 aliphatic carbocycles. The molecule has 6 nitrogen and oxygen atoms in total. The van der Waals surface area contributed by atoms with Crippen LogP contribution in [0.1, 0.15) is 31.5 Å². The lowest BCUT2D eigenvalue weighted by Crippen LogP contribution is -2.20. The molecule has 1 unspecified atom stereocenters. The van der Waals surface area contributed by atoms with Gasteiger partial charge < -0.3 is 9.94 Å². The molecule has 0 bridgehead atoms. The number of nitrogens with zero attached hydrogens (tertiary/aromatic N) is 3. The topological polar surface area (TPSA) is 75.5 Å². The van der Waals surface area contributed by atoms with Gasteiger partial charge in [0.15, 0.2) is 5.16 Å². The molecule has 0 fully saturated rings. The molecule has 2 heterocycles. The minimum atomic E-state index is -1.30. The maximum absolute atomic E-state index is 10.5. The second-order valence-corrected chi connectivity index (χ2v) is 5.52. The molecule has 0 radical (unpaired) electrons. The second kappa shape index (κ2) is 5.53. The number of carboxylic acid groups (broad SMARTS) is 1. The van der Waals surface area contributed by atoms with Crippen LogP contribution < -0.4 is 0 Å². The van der Waals surface area contributed by atoms with E-state index < -0.39 is 6.16 Å². The molecular formula is C11H15N3O3S. The molecule has 0 spiro atoms. The Morgan fingerprint density at radius 2 is 2.44 bits per heavy atom. The highest BCUT2D eigenvalue weighted by Crippen LogP contribution is 2.26. The molecular weight excluding hydrogens is 254 g/mol. The monoisotopic (exact) mass is 269 g/mol. The van der Waals surface area contributed by atoms with E-state index in [-0.39, 0.29) is 0 Å². The van der Waals surface area contributed by atoms with Gasteiger partial charge >= 0.3 is 6.16 Å². The smallest absolute Gasteiger partial charge is 0.448 e. The third-order valence-electron chi connectivity index (χ3n) is 2.69. The van der Waals surface area contributed by atoms with Crippen LogP contribution in [0.25, 0.3) is 0 Å². The van der Waals surface area contributed by atoms with Crippen molar-refractivity contribution in [3.63, 3.8) is 0 Å². The van der Waals surface area contributed by atoms with Crippen LogP contribution in [0.2, 0.25) is 0 Å². The third kappa shape index (κ3) is 3.11. The summed E-state index contributed by atoms with van der Waals surface area (Å²) in [7, 11) is 0. The summed E-state index contributed by atoms with van der Waals surface area (Å²) in [6.45, 7) is 5.04. The van der Waals surface area contributed by atoms with Crippen molar-refractivity contribution in [1.29, 1.82) is 0 Å². The van der Waals surface area contributed by atoms with Crippen LogP contribution in [0.3, 0.4) is 0 Å². The van der Waals surface area contributed by atoms with Crippen molar-refractivity contribution in [3.05, 3.63) is 17.5 Å². The fourth-order valence-corrected chi connectivity index (χ4v) is 2.40. The maximum atomic E-state index is 10.5. The highest BCUT2D eigenvalue weighted by atomic mass is 32.2. The zero-order chi connectivity index (χ0) is 13.1. The van der Waals surface area contributed by atoms with Gasteiger partial charge in [-0.3, -0.25) is 0 Å². The average molecular weight is 269 g/mol. The van der Waals surface area contributed by atoms with Gasteiger partial charge in [0.2, 0.25) is 0 Å². The van der Waals surface area contributed by atoms with Crippen molar-refractivity contribution in [3.8, 4) is 0 Å². The molecule has 0 saturated carbocycles. The SMILES string of the molecule is CCC(C)Sc1ncc2c(n1)CN(OC(=O)O)C2. The van der Waals surface area contributed by atoms with Gasteiger partial charge in [0.1, 0.15) is 0 Å². The van der Waals surface area contributed by atoms with Crippen LogP contribution in [0.5, 0.6) is 0 Å². The summed E-state index contributed by atoms with van der Waals surface area (Å²) in [4.78, 5) is 23.8. The summed E-state index contributed by atoms with van der Waals surface area (Å²) in [6, 6.07) is 0. The Balaban J connectivity index is 2.05. The summed E-state index contributed by atoms with van der Waals surface area (Å²) >= 11 is 1.63. The Morgan fingerprint density at radius 3 is 3.11 bits per heavy atom. The minimum absolute atomic E-state index is 0.387. The van der Waals surface area contributed by atoms with Crippen molar-refractivity contribution >= 4 is 17.9 Å². The van der Waals surface area contributed by atoms with E-state index in [0.717, 1.165) is 22.8 Å². The van der Waals surface area contributed by atoms with E-state index in [4.69, 9.17) is 5.11 Å². The van der Waals surface area contributed by atoms with E-state index in [1.54, 1.807) is 18.0 Å². The van der Waals surface area contributed by atoms with Gasteiger partial charge in [-0.2, -0.15) is 0 Å². The molecule has 0 aromatic carbocycles. The summed E-state index contributed by atoms with van der Waals surface area (Å²) in [6.07, 6.45) is 1.50. The average Bonchev–Trinajstić information content (AvgIpc) is 2.69. The van der Waals surface area contributed by atoms with Crippen LogP contribution >= 0.6 is 11.8 Å². The van der Waals surface area contributed by atoms with Crippen LogP contribution in [-0.2, 0) is 17.9 Å². The number of fused-ring (bicyclic) bond motifs is 1. The van der Waals surface area contributed by atoms with E-state index in [1.807, 2.05) is 0 Å². The predicted molar refractivity (Wildman–Crippen MR) is 66.0 cm³/mol. The van der Waals surface area contributed by atoms with Crippen molar-refractivity contribution in [2.45, 2.75) is 43.8 Å². The summed E-state index contributed by atoms with van der Waals surface area (Å²) in [5.41, 5.74) is 1.77. The Hall–Kier alpha value is -1.34. The molecule has 98 valence electrons. The Bertz CT molecular complexity index is 455. The van der Waals surface area contributed by atoms with Crippen LogP contribution in [-0.4, -0.2) is 31.5 Å².